The number of aliphatic hydroxyl groups excluding tert-OH is 1. The molecule has 4 nitrogen and oxygen atoms in total. The van der Waals surface area contributed by atoms with E-state index in [1.165, 1.54) is 6.07 Å². The Morgan fingerprint density at radius 3 is 2.41 bits per heavy atom. The van der Waals surface area contributed by atoms with E-state index in [2.05, 4.69) is 10.3 Å². The summed E-state index contributed by atoms with van der Waals surface area (Å²) in [6.07, 6.45) is 1.78. The Hall–Kier alpha value is -2.66. The normalized spacial score (nSPS) is 11.1. The zero-order valence-corrected chi connectivity index (χ0v) is 16.6. The molecular weight excluding hydrogens is 367 g/mol. The molecule has 0 heterocycles. The third-order valence-electron chi connectivity index (χ3n) is 3.50. The van der Waals surface area contributed by atoms with Gasteiger partial charge in [0.1, 0.15) is 11.5 Å². The van der Waals surface area contributed by atoms with Crippen LogP contribution in [0.5, 0.6) is 0 Å². The molecule has 0 aliphatic rings. The molecular formula is C21H24ClFN2O2. The summed E-state index contributed by atoms with van der Waals surface area (Å²) < 4.78 is 14.0. The molecule has 0 spiro atoms. The second-order valence-corrected chi connectivity index (χ2v) is 6.00. The van der Waals surface area contributed by atoms with Gasteiger partial charge in [-0.25, -0.2) is 4.39 Å². The summed E-state index contributed by atoms with van der Waals surface area (Å²) in [4.78, 5) is 16.1. The molecule has 0 radical (unpaired) electrons. The van der Waals surface area contributed by atoms with Crippen molar-refractivity contribution in [3.8, 4) is 0 Å². The Morgan fingerprint density at radius 2 is 1.85 bits per heavy atom. The fraction of sp³-hybridized carbons (Fsp3) is 0.238. The van der Waals surface area contributed by atoms with Crippen LogP contribution in [-0.4, -0.2) is 17.2 Å². The van der Waals surface area contributed by atoms with Crippen LogP contribution in [0.15, 0.2) is 53.2 Å². The molecule has 27 heavy (non-hydrogen) atoms. The van der Waals surface area contributed by atoms with E-state index in [1.54, 1.807) is 44.2 Å². The quantitative estimate of drug-likeness (QED) is 0.397. The molecule has 0 saturated heterocycles. The van der Waals surface area contributed by atoms with Crippen LogP contribution in [0, 0.1) is 19.7 Å². The highest BCUT2D eigenvalue weighted by atomic mass is 35.5. The van der Waals surface area contributed by atoms with E-state index in [1.807, 2.05) is 13.8 Å². The van der Waals surface area contributed by atoms with Crippen molar-refractivity contribution >= 4 is 29.4 Å². The molecule has 2 rings (SSSR count). The number of aliphatic imine (C=N–C) groups is 1. The molecule has 0 aromatic heterocycles. The summed E-state index contributed by atoms with van der Waals surface area (Å²) in [7, 11) is 0. The number of hydrogen-bond acceptors (Lipinski definition) is 3. The smallest absolute Gasteiger partial charge is 0.256 e. The first-order valence-corrected chi connectivity index (χ1v) is 8.96. The van der Waals surface area contributed by atoms with Crippen LogP contribution in [0.1, 0.15) is 30.5 Å². The fourth-order valence-electron chi connectivity index (χ4n) is 2.24. The van der Waals surface area contributed by atoms with Crippen molar-refractivity contribution in [1.82, 2.24) is 5.32 Å². The maximum Gasteiger partial charge on any atom is 0.256 e. The fourth-order valence-corrected chi connectivity index (χ4v) is 2.37. The molecule has 2 aromatic carbocycles. The molecule has 2 N–H and O–H groups in total. The number of aliphatic hydroxyl groups is 1. The van der Waals surface area contributed by atoms with E-state index in [9.17, 15) is 14.3 Å². The van der Waals surface area contributed by atoms with Gasteiger partial charge in [-0.05, 0) is 48.7 Å². The first kappa shape index (κ1) is 22.4. The average molecular weight is 391 g/mol. The van der Waals surface area contributed by atoms with Crippen molar-refractivity contribution in [2.75, 3.05) is 0 Å². The number of carbonyl (C=O) groups is 1. The summed E-state index contributed by atoms with van der Waals surface area (Å²) >= 11 is 5.80. The van der Waals surface area contributed by atoms with E-state index in [0.717, 1.165) is 17.3 Å². The summed E-state index contributed by atoms with van der Waals surface area (Å²) in [5.74, 6) is -1.00. The van der Waals surface area contributed by atoms with Crippen molar-refractivity contribution in [3.05, 3.63) is 75.8 Å². The topological polar surface area (TPSA) is 61.7 Å². The van der Waals surface area contributed by atoms with Crippen LogP contribution < -0.4 is 5.32 Å². The highest BCUT2D eigenvalue weighted by Gasteiger charge is 2.09. The van der Waals surface area contributed by atoms with Gasteiger partial charge in [0.2, 0.25) is 0 Å². The molecule has 0 atom stereocenters. The maximum absolute atomic E-state index is 14.0. The van der Waals surface area contributed by atoms with E-state index in [0.29, 0.717) is 16.8 Å². The average Bonchev–Trinajstić information content (AvgIpc) is 2.65. The SMILES string of the molecule is CC.Cc1cc(C)c(N=C/C(=C/O)C(=O)NCc2ccc(Cl)cc2)c(F)c1. The molecule has 0 bridgehead atoms. The van der Waals surface area contributed by atoms with E-state index >= 15 is 0 Å². The maximum atomic E-state index is 14.0. The van der Waals surface area contributed by atoms with Crippen LogP contribution in [-0.2, 0) is 11.3 Å². The lowest BCUT2D eigenvalue weighted by Crippen LogP contribution is -2.25. The molecule has 0 aliphatic heterocycles. The summed E-state index contributed by atoms with van der Waals surface area (Å²) in [5, 5.41) is 12.5. The summed E-state index contributed by atoms with van der Waals surface area (Å²) in [6, 6.07) is 10.2. The molecule has 1 amide bonds. The molecule has 0 unspecified atom stereocenters. The minimum atomic E-state index is -0.522. The molecule has 144 valence electrons. The van der Waals surface area contributed by atoms with Gasteiger partial charge in [-0.15, -0.1) is 0 Å². The Morgan fingerprint density at radius 1 is 1.22 bits per heavy atom. The van der Waals surface area contributed by atoms with Crippen molar-refractivity contribution < 1.29 is 14.3 Å². The summed E-state index contributed by atoms with van der Waals surface area (Å²) in [5.41, 5.74) is 2.34. The second kappa shape index (κ2) is 11.1. The standard InChI is InChI=1S/C19H18ClFN2O2.C2H6/c1-12-7-13(2)18(17(21)8-12)22-10-15(11-24)19(25)23-9-14-3-5-16(20)6-4-14;1-2/h3-8,10-11,24H,9H2,1-2H3,(H,23,25);1-2H3/b15-11-,22-10?;. The molecule has 0 aliphatic carbocycles. The highest BCUT2D eigenvalue weighted by Crippen LogP contribution is 2.24. The summed E-state index contributed by atoms with van der Waals surface area (Å²) in [6.45, 7) is 7.78. The first-order chi connectivity index (χ1) is 12.9. The van der Waals surface area contributed by atoms with Gasteiger partial charge in [0.25, 0.3) is 5.91 Å². The predicted octanol–water partition coefficient (Wildman–Crippen LogP) is 5.58. The molecule has 2 aromatic rings. The lowest BCUT2D eigenvalue weighted by molar-refractivity contribution is -0.117. The number of carbonyl (C=O) groups excluding carboxylic acids is 1. The van der Waals surface area contributed by atoms with Gasteiger partial charge < -0.3 is 10.4 Å². The zero-order chi connectivity index (χ0) is 20.4. The van der Waals surface area contributed by atoms with E-state index in [-0.39, 0.29) is 17.8 Å². The highest BCUT2D eigenvalue weighted by molar-refractivity contribution is 6.30. The number of benzene rings is 2. The number of aryl methyl sites for hydroxylation is 2. The van der Waals surface area contributed by atoms with Gasteiger partial charge in [0, 0.05) is 17.8 Å². The van der Waals surface area contributed by atoms with Gasteiger partial charge in [0.05, 0.1) is 11.8 Å². The molecule has 6 heteroatoms. The van der Waals surface area contributed by atoms with Crippen LogP contribution in [0.2, 0.25) is 5.02 Å². The number of amides is 1. The minimum Gasteiger partial charge on any atom is -0.515 e. The lowest BCUT2D eigenvalue weighted by atomic mass is 10.1. The Bertz CT molecular complexity index is 808. The Balaban J connectivity index is 0.00000176. The van der Waals surface area contributed by atoms with Crippen LogP contribution >= 0.6 is 11.6 Å². The van der Waals surface area contributed by atoms with Gasteiger partial charge in [-0.2, -0.15) is 0 Å². The van der Waals surface area contributed by atoms with Gasteiger partial charge in [0.15, 0.2) is 0 Å². The van der Waals surface area contributed by atoms with Gasteiger partial charge in [-0.1, -0.05) is 43.6 Å². The third kappa shape index (κ3) is 6.87. The number of nitrogens with one attached hydrogen (secondary N) is 1. The van der Waals surface area contributed by atoms with Crippen LogP contribution in [0.4, 0.5) is 10.1 Å². The minimum absolute atomic E-state index is 0.0756. The second-order valence-electron chi connectivity index (χ2n) is 5.56. The number of rotatable bonds is 5. The number of nitrogens with zero attached hydrogens (tertiary/aromatic N) is 1. The van der Waals surface area contributed by atoms with Crippen molar-refractivity contribution in [1.29, 1.82) is 0 Å². The van der Waals surface area contributed by atoms with Crippen molar-refractivity contribution in [2.24, 2.45) is 4.99 Å². The largest absolute Gasteiger partial charge is 0.515 e. The molecule has 0 saturated carbocycles. The van der Waals surface area contributed by atoms with Crippen molar-refractivity contribution in [3.63, 3.8) is 0 Å². The Labute approximate surface area is 164 Å². The van der Waals surface area contributed by atoms with E-state index < -0.39 is 11.7 Å². The van der Waals surface area contributed by atoms with Gasteiger partial charge in [-0.3, -0.25) is 9.79 Å². The molecule has 0 fully saturated rings. The monoisotopic (exact) mass is 390 g/mol. The van der Waals surface area contributed by atoms with Gasteiger partial charge >= 0.3 is 0 Å². The van der Waals surface area contributed by atoms with Crippen LogP contribution in [0.25, 0.3) is 0 Å². The lowest BCUT2D eigenvalue weighted by Gasteiger charge is -2.06. The van der Waals surface area contributed by atoms with Crippen LogP contribution in [0.3, 0.4) is 0 Å². The number of hydrogen-bond donors (Lipinski definition) is 2. The van der Waals surface area contributed by atoms with E-state index in [4.69, 9.17) is 11.6 Å². The van der Waals surface area contributed by atoms with Crippen molar-refractivity contribution in [2.45, 2.75) is 34.2 Å². The Kier molecular flexibility index (Phi) is 9.23. The zero-order valence-electron chi connectivity index (χ0n) is 15.9. The number of halogens is 2. The third-order valence-corrected chi connectivity index (χ3v) is 3.75. The predicted molar refractivity (Wildman–Crippen MR) is 109 cm³/mol. The first-order valence-electron chi connectivity index (χ1n) is 8.58.